The lowest BCUT2D eigenvalue weighted by Crippen LogP contribution is -2.52. The van der Waals surface area contributed by atoms with Crippen LogP contribution in [0.5, 0.6) is 0 Å². The van der Waals surface area contributed by atoms with Crippen LogP contribution < -0.4 is 10.0 Å². The quantitative estimate of drug-likeness (QED) is 0.624. The van der Waals surface area contributed by atoms with E-state index in [2.05, 4.69) is 29.0 Å². The summed E-state index contributed by atoms with van der Waals surface area (Å²) in [6.45, 7) is 0.660. The van der Waals surface area contributed by atoms with E-state index < -0.39 is 10.0 Å². The largest absolute Gasteiger partial charge is 0.468 e. The minimum absolute atomic E-state index is 0.0226. The number of nitrogens with zero attached hydrogens (tertiary/aromatic N) is 1. The lowest BCUT2D eigenvalue weighted by Gasteiger charge is -2.39. The highest BCUT2D eigenvalue weighted by molar-refractivity contribution is 7.89. The number of rotatable bonds is 8. The number of carbonyl (C=O) groups excluding carboxylic acids is 1. The van der Waals surface area contributed by atoms with Gasteiger partial charge in [0.25, 0.3) is 5.91 Å². The second kappa shape index (κ2) is 9.76. The number of furan rings is 1. The van der Waals surface area contributed by atoms with Crippen molar-refractivity contribution in [1.29, 1.82) is 0 Å². The number of amides is 1. The molecule has 0 bridgehead atoms. The third kappa shape index (κ3) is 5.50. The van der Waals surface area contributed by atoms with Crippen molar-refractivity contribution < 1.29 is 17.6 Å². The van der Waals surface area contributed by atoms with Gasteiger partial charge in [-0.05, 0) is 63.3 Å². The van der Waals surface area contributed by atoms with E-state index in [0.717, 1.165) is 12.8 Å². The molecule has 1 amide bonds. The molecule has 1 fully saturated rings. The first kappa shape index (κ1) is 22.5. The second-order valence-electron chi connectivity index (χ2n) is 8.14. The van der Waals surface area contributed by atoms with Gasteiger partial charge < -0.3 is 14.6 Å². The average Bonchev–Trinajstić information content (AvgIpc) is 3.14. The molecule has 1 saturated carbocycles. The maximum Gasteiger partial charge on any atom is 0.251 e. The van der Waals surface area contributed by atoms with Gasteiger partial charge in [-0.15, -0.1) is 0 Å². The van der Waals surface area contributed by atoms with Crippen LogP contribution in [0.1, 0.15) is 54.6 Å². The van der Waals surface area contributed by atoms with Crippen molar-refractivity contribution in [2.45, 2.75) is 55.5 Å². The molecule has 2 aromatic rings. The summed E-state index contributed by atoms with van der Waals surface area (Å²) in [5.41, 5.74) is 0.424. The lowest BCUT2D eigenvalue weighted by molar-refractivity contribution is 0.0869. The molecule has 0 spiro atoms. The zero-order chi connectivity index (χ0) is 21.6. The van der Waals surface area contributed by atoms with Crippen LogP contribution in [0.3, 0.4) is 0 Å². The van der Waals surface area contributed by atoms with Gasteiger partial charge in [0.05, 0.1) is 17.7 Å². The summed E-state index contributed by atoms with van der Waals surface area (Å²) in [6.07, 6.45) is 8.46. The van der Waals surface area contributed by atoms with Gasteiger partial charge in [0, 0.05) is 17.6 Å². The van der Waals surface area contributed by atoms with E-state index in [1.165, 1.54) is 44.1 Å². The first-order valence-electron chi connectivity index (χ1n) is 10.4. The number of hydrogen-bond donors (Lipinski definition) is 2. The minimum Gasteiger partial charge on any atom is -0.468 e. The van der Waals surface area contributed by atoms with Crippen LogP contribution in [-0.4, -0.2) is 45.4 Å². The number of benzene rings is 1. The van der Waals surface area contributed by atoms with E-state index >= 15 is 0 Å². The molecule has 0 radical (unpaired) electrons. The molecule has 0 unspecified atom stereocenters. The van der Waals surface area contributed by atoms with Gasteiger partial charge in [0.2, 0.25) is 10.0 Å². The maximum atomic E-state index is 12.7. The van der Waals surface area contributed by atoms with Crippen LogP contribution >= 0.6 is 0 Å². The molecule has 1 aliphatic rings. The molecule has 1 heterocycles. The van der Waals surface area contributed by atoms with Gasteiger partial charge in [-0.1, -0.05) is 25.7 Å². The summed E-state index contributed by atoms with van der Waals surface area (Å²) in [5, 5.41) is 3.06. The van der Waals surface area contributed by atoms with Crippen LogP contribution in [0.2, 0.25) is 0 Å². The Bertz CT molecular complexity index is 914. The fourth-order valence-corrected chi connectivity index (χ4v) is 4.96. The minimum atomic E-state index is -3.68. The molecule has 1 aliphatic carbocycles. The average molecular weight is 434 g/mol. The molecule has 0 atom stereocenters. The first-order valence-corrected chi connectivity index (χ1v) is 11.9. The molecule has 30 heavy (non-hydrogen) atoms. The van der Waals surface area contributed by atoms with Crippen molar-refractivity contribution in [2.24, 2.45) is 0 Å². The topological polar surface area (TPSA) is 91.7 Å². The molecule has 0 aliphatic heterocycles. The molecule has 2 N–H and O–H groups in total. The predicted octanol–water partition coefficient (Wildman–Crippen LogP) is 3.14. The van der Waals surface area contributed by atoms with Gasteiger partial charge in [-0.25, -0.2) is 13.1 Å². The van der Waals surface area contributed by atoms with E-state index in [0.29, 0.717) is 17.9 Å². The Labute approximate surface area is 178 Å². The van der Waals surface area contributed by atoms with Crippen molar-refractivity contribution >= 4 is 15.9 Å². The number of likely N-dealkylation sites (N-methyl/N-ethyl adjacent to an activating group) is 1. The van der Waals surface area contributed by atoms with Gasteiger partial charge in [-0.3, -0.25) is 4.79 Å². The lowest BCUT2D eigenvalue weighted by atomic mass is 9.88. The van der Waals surface area contributed by atoms with Gasteiger partial charge >= 0.3 is 0 Å². The van der Waals surface area contributed by atoms with Crippen molar-refractivity contribution in [3.05, 3.63) is 54.0 Å². The monoisotopic (exact) mass is 433 g/mol. The maximum absolute atomic E-state index is 12.7. The Hall–Kier alpha value is -2.16. The predicted molar refractivity (Wildman–Crippen MR) is 116 cm³/mol. The molecule has 1 aromatic carbocycles. The molecular weight excluding hydrogens is 402 g/mol. The number of carbonyl (C=O) groups is 1. The van der Waals surface area contributed by atoms with E-state index in [9.17, 15) is 13.2 Å². The molecule has 164 valence electrons. The fraction of sp³-hybridized carbons (Fsp3) is 0.500. The fourth-order valence-electron chi connectivity index (χ4n) is 3.96. The van der Waals surface area contributed by atoms with E-state index in [1.54, 1.807) is 24.3 Å². The SMILES string of the molecule is CN(C)C1(CNC(=O)c2ccc(S(=O)(=O)NCc3ccco3)cc2)CCCCCC1. The summed E-state index contributed by atoms with van der Waals surface area (Å²) < 4.78 is 32.5. The van der Waals surface area contributed by atoms with Crippen LogP contribution in [0.25, 0.3) is 0 Å². The van der Waals surface area contributed by atoms with E-state index in [1.807, 2.05) is 0 Å². The van der Waals surface area contributed by atoms with Crippen LogP contribution in [-0.2, 0) is 16.6 Å². The summed E-state index contributed by atoms with van der Waals surface area (Å²) in [5.74, 6) is 0.343. The van der Waals surface area contributed by atoms with Crippen molar-refractivity contribution in [1.82, 2.24) is 14.9 Å². The van der Waals surface area contributed by atoms with Crippen LogP contribution in [0, 0.1) is 0 Å². The molecular formula is C22H31N3O4S. The van der Waals surface area contributed by atoms with E-state index in [-0.39, 0.29) is 22.9 Å². The highest BCUT2D eigenvalue weighted by atomic mass is 32.2. The number of nitrogens with one attached hydrogen (secondary N) is 2. The summed E-state index contributed by atoms with van der Waals surface area (Å²) in [7, 11) is 0.471. The molecule has 3 rings (SSSR count). The third-order valence-electron chi connectivity index (χ3n) is 6.00. The van der Waals surface area contributed by atoms with Crippen LogP contribution in [0.15, 0.2) is 52.0 Å². The Morgan fingerprint density at radius 3 is 2.30 bits per heavy atom. The van der Waals surface area contributed by atoms with Gasteiger partial charge in [-0.2, -0.15) is 0 Å². The van der Waals surface area contributed by atoms with Gasteiger partial charge in [0.15, 0.2) is 0 Å². The summed E-state index contributed by atoms with van der Waals surface area (Å²) in [4.78, 5) is 15.0. The van der Waals surface area contributed by atoms with Crippen molar-refractivity contribution in [3.8, 4) is 0 Å². The number of hydrogen-bond acceptors (Lipinski definition) is 5. The van der Waals surface area contributed by atoms with E-state index in [4.69, 9.17) is 4.42 Å². The zero-order valence-electron chi connectivity index (χ0n) is 17.7. The Morgan fingerprint density at radius 2 is 1.73 bits per heavy atom. The highest BCUT2D eigenvalue weighted by Gasteiger charge is 2.33. The standard InChI is InChI=1S/C22H31N3O4S/c1-25(2)22(13-5-3-4-6-14-22)17-23-21(26)18-9-11-20(12-10-18)30(27,28)24-16-19-8-7-15-29-19/h7-12,15,24H,3-6,13-14,16-17H2,1-2H3,(H,23,26). The van der Waals surface area contributed by atoms with Crippen molar-refractivity contribution in [3.63, 3.8) is 0 Å². The third-order valence-corrected chi connectivity index (χ3v) is 7.42. The van der Waals surface area contributed by atoms with Crippen LogP contribution in [0.4, 0.5) is 0 Å². The van der Waals surface area contributed by atoms with Crippen molar-refractivity contribution in [2.75, 3.05) is 20.6 Å². The molecule has 8 heteroatoms. The Balaban J connectivity index is 1.61. The normalized spacial score (nSPS) is 16.9. The summed E-state index contributed by atoms with van der Waals surface area (Å²) in [6, 6.07) is 9.40. The smallest absolute Gasteiger partial charge is 0.251 e. The second-order valence-corrected chi connectivity index (χ2v) is 9.91. The Morgan fingerprint density at radius 1 is 1.07 bits per heavy atom. The Kier molecular flexibility index (Phi) is 7.33. The first-order chi connectivity index (χ1) is 14.3. The highest BCUT2D eigenvalue weighted by Crippen LogP contribution is 2.30. The summed E-state index contributed by atoms with van der Waals surface area (Å²) >= 11 is 0. The molecule has 0 saturated heterocycles. The molecule has 7 nitrogen and oxygen atoms in total. The molecule has 1 aromatic heterocycles. The van der Waals surface area contributed by atoms with Gasteiger partial charge in [0.1, 0.15) is 5.76 Å². The number of sulfonamides is 1. The zero-order valence-corrected chi connectivity index (χ0v) is 18.5.